The van der Waals surface area contributed by atoms with E-state index < -0.39 is 5.97 Å². The maximum atomic E-state index is 11.8. The number of rotatable bonds is 7. The van der Waals surface area contributed by atoms with Gasteiger partial charge in [-0.2, -0.15) is 0 Å². The van der Waals surface area contributed by atoms with Crippen LogP contribution in [-0.2, 0) is 11.3 Å². The van der Waals surface area contributed by atoms with Crippen molar-refractivity contribution >= 4 is 11.8 Å². The molecule has 0 aliphatic rings. The number of carboxylic acid groups (broad SMARTS) is 1. The van der Waals surface area contributed by atoms with Gasteiger partial charge in [0.25, 0.3) is 5.56 Å². The molecule has 0 aromatic carbocycles. The van der Waals surface area contributed by atoms with Crippen LogP contribution in [0.5, 0.6) is 0 Å². The molecule has 1 unspecified atom stereocenters. The maximum absolute atomic E-state index is 11.8. The van der Waals surface area contributed by atoms with Crippen LogP contribution < -0.4 is 10.9 Å². The van der Waals surface area contributed by atoms with E-state index >= 15 is 0 Å². The Labute approximate surface area is 106 Å². The third-order valence-electron chi connectivity index (χ3n) is 2.78. The summed E-state index contributed by atoms with van der Waals surface area (Å²) in [5.74, 6) is -0.827. The maximum Gasteiger partial charge on any atom is 0.306 e. The van der Waals surface area contributed by atoms with Gasteiger partial charge in [-0.15, -0.1) is 0 Å². The SMILES string of the molecule is CCn1ccnc(NCCCC(C)C(=O)O)c1=O. The lowest BCUT2D eigenvalue weighted by molar-refractivity contribution is -0.141. The van der Waals surface area contributed by atoms with Gasteiger partial charge >= 0.3 is 5.97 Å². The van der Waals surface area contributed by atoms with Crippen LogP contribution in [0, 0.1) is 5.92 Å². The Balaban J connectivity index is 2.45. The molecule has 6 nitrogen and oxygen atoms in total. The molecule has 1 aromatic heterocycles. The number of hydrogen-bond donors (Lipinski definition) is 2. The van der Waals surface area contributed by atoms with E-state index in [9.17, 15) is 9.59 Å². The highest BCUT2D eigenvalue weighted by atomic mass is 16.4. The molecule has 0 radical (unpaired) electrons. The topological polar surface area (TPSA) is 84.2 Å². The highest BCUT2D eigenvalue weighted by Gasteiger charge is 2.10. The summed E-state index contributed by atoms with van der Waals surface area (Å²) in [6, 6.07) is 0. The third-order valence-corrected chi connectivity index (χ3v) is 2.78. The Morgan fingerprint density at radius 1 is 1.61 bits per heavy atom. The largest absolute Gasteiger partial charge is 0.481 e. The summed E-state index contributed by atoms with van der Waals surface area (Å²) >= 11 is 0. The highest BCUT2D eigenvalue weighted by molar-refractivity contribution is 5.69. The van der Waals surface area contributed by atoms with Gasteiger partial charge in [0.15, 0.2) is 5.82 Å². The van der Waals surface area contributed by atoms with Gasteiger partial charge in [-0.05, 0) is 19.8 Å². The number of nitrogens with one attached hydrogen (secondary N) is 1. The van der Waals surface area contributed by atoms with Gasteiger partial charge in [0.1, 0.15) is 0 Å². The lowest BCUT2D eigenvalue weighted by Crippen LogP contribution is -2.24. The minimum absolute atomic E-state index is 0.147. The standard InChI is InChI=1S/C12H19N3O3/c1-3-15-8-7-14-10(11(15)16)13-6-4-5-9(2)12(17)18/h7-9H,3-6H2,1-2H3,(H,13,14)(H,17,18). The Bertz CT molecular complexity index is 456. The van der Waals surface area contributed by atoms with Gasteiger partial charge in [0, 0.05) is 25.5 Å². The lowest BCUT2D eigenvalue weighted by atomic mass is 10.1. The normalized spacial score (nSPS) is 12.1. The Kier molecular flexibility index (Phi) is 5.35. The number of aromatic nitrogens is 2. The highest BCUT2D eigenvalue weighted by Crippen LogP contribution is 2.05. The van der Waals surface area contributed by atoms with Crippen molar-refractivity contribution in [2.24, 2.45) is 5.92 Å². The smallest absolute Gasteiger partial charge is 0.306 e. The molecule has 0 spiro atoms. The molecule has 0 saturated heterocycles. The fourth-order valence-electron chi connectivity index (χ4n) is 1.56. The average molecular weight is 253 g/mol. The summed E-state index contributed by atoms with van der Waals surface area (Å²) in [6.45, 7) is 4.71. The zero-order valence-electron chi connectivity index (χ0n) is 10.7. The predicted octanol–water partition coefficient (Wildman–Crippen LogP) is 1.18. The number of aliphatic carboxylic acids is 1. The van der Waals surface area contributed by atoms with Crippen molar-refractivity contribution in [2.75, 3.05) is 11.9 Å². The number of aryl methyl sites for hydroxylation is 1. The van der Waals surface area contributed by atoms with Crippen molar-refractivity contribution in [3.05, 3.63) is 22.7 Å². The van der Waals surface area contributed by atoms with Crippen LogP contribution in [0.25, 0.3) is 0 Å². The molecular weight excluding hydrogens is 234 g/mol. The zero-order valence-corrected chi connectivity index (χ0v) is 10.7. The van der Waals surface area contributed by atoms with Gasteiger partial charge in [-0.25, -0.2) is 4.98 Å². The molecular formula is C12H19N3O3. The van der Waals surface area contributed by atoms with Crippen molar-refractivity contribution in [3.63, 3.8) is 0 Å². The molecule has 0 saturated carbocycles. The average Bonchev–Trinajstić information content (AvgIpc) is 2.35. The van der Waals surface area contributed by atoms with E-state index in [1.807, 2.05) is 6.92 Å². The van der Waals surface area contributed by atoms with Crippen molar-refractivity contribution < 1.29 is 9.90 Å². The van der Waals surface area contributed by atoms with E-state index in [1.54, 1.807) is 23.9 Å². The van der Waals surface area contributed by atoms with E-state index in [2.05, 4.69) is 10.3 Å². The van der Waals surface area contributed by atoms with Gasteiger partial charge in [0.2, 0.25) is 0 Å². The summed E-state index contributed by atoms with van der Waals surface area (Å²) in [4.78, 5) is 26.4. The molecule has 0 bridgehead atoms. The molecule has 1 rings (SSSR count). The fraction of sp³-hybridized carbons (Fsp3) is 0.583. The second-order valence-electron chi connectivity index (χ2n) is 4.18. The van der Waals surface area contributed by atoms with Gasteiger partial charge in [-0.3, -0.25) is 9.59 Å². The molecule has 0 amide bonds. The first-order valence-electron chi connectivity index (χ1n) is 6.08. The lowest BCUT2D eigenvalue weighted by Gasteiger charge is -2.08. The van der Waals surface area contributed by atoms with Crippen LogP contribution in [0.1, 0.15) is 26.7 Å². The summed E-state index contributed by atoms with van der Waals surface area (Å²) in [7, 11) is 0. The minimum atomic E-state index is -0.791. The monoisotopic (exact) mass is 253 g/mol. The van der Waals surface area contributed by atoms with E-state index in [-0.39, 0.29) is 11.5 Å². The third kappa shape index (κ3) is 3.87. The summed E-state index contributed by atoms with van der Waals surface area (Å²) < 4.78 is 1.56. The molecule has 1 atom stereocenters. The van der Waals surface area contributed by atoms with Crippen LogP contribution in [0.4, 0.5) is 5.82 Å². The van der Waals surface area contributed by atoms with Crippen LogP contribution >= 0.6 is 0 Å². The zero-order chi connectivity index (χ0) is 13.5. The van der Waals surface area contributed by atoms with Crippen molar-refractivity contribution in [3.8, 4) is 0 Å². The van der Waals surface area contributed by atoms with Crippen LogP contribution in [0.2, 0.25) is 0 Å². The Morgan fingerprint density at radius 2 is 2.33 bits per heavy atom. The van der Waals surface area contributed by atoms with E-state index in [1.165, 1.54) is 0 Å². The van der Waals surface area contributed by atoms with Crippen molar-refractivity contribution in [1.29, 1.82) is 0 Å². The van der Waals surface area contributed by atoms with Gasteiger partial charge < -0.3 is 15.0 Å². The van der Waals surface area contributed by atoms with E-state index in [4.69, 9.17) is 5.11 Å². The number of nitrogens with zero attached hydrogens (tertiary/aromatic N) is 2. The molecule has 100 valence electrons. The first-order chi connectivity index (χ1) is 8.56. The molecule has 0 fully saturated rings. The molecule has 18 heavy (non-hydrogen) atoms. The molecule has 2 N–H and O–H groups in total. The number of anilines is 1. The summed E-state index contributed by atoms with van der Waals surface area (Å²) in [6.07, 6.45) is 4.49. The van der Waals surface area contributed by atoms with Crippen LogP contribution in [0.15, 0.2) is 17.2 Å². The molecule has 0 aliphatic carbocycles. The van der Waals surface area contributed by atoms with Crippen LogP contribution in [0.3, 0.4) is 0 Å². The molecule has 6 heteroatoms. The van der Waals surface area contributed by atoms with E-state index in [0.29, 0.717) is 31.7 Å². The van der Waals surface area contributed by atoms with Crippen molar-refractivity contribution in [2.45, 2.75) is 33.2 Å². The van der Waals surface area contributed by atoms with Crippen LogP contribution in [-0.4, -0.2) is 27.2 Å². The number of hydrogen-bond acceptors (Lipinski definition) is 4. The number of carboxylic acids is 1. The first-order valence-corrected chi connectivity index (χ1v) is 6.08. The van der Waals surface area contributed by atoms with Gasteiger partial charge in [0.05, 0.1) is 5.92 Å². The quantitative estimate of drug-likeness (QED) is 0.713. The Morgan fingerprint density at radius 3 is 2.94 bits per heavy atom. The second kappa shape index (κ2) is 6.78. The second-order valence-corrected chi connectivity index (χ2v) is 4.18. The number of carbonyl (C=O) groups is 1. The van der Waals surface area contributed by atoms with E-state index in [0.717, 1.165) is 0 Å². The Hall–Kier alpha value is -1.85. The van der Waals surface area contributed by atoms with Gasteiger partial charge in [-0.1, -0.05) is 6.92 Å². The fourth-order valence-corrected chi connectivity index (χ4v) is 1.56. The summed E-state index contributed by atoms with van der Waals surface area (Å²) in [5, 5.41) is 11.7. The molecule has 1 aromatic rings. The summed E-state index contributed by atoms with van der Waals surface area (Å²) in [5.41, 5.74) is -0.147. The predicted molar refractivity (Wildman–Crippen MR) is 68.7 cm³/mol. The molecule has 1 heterocycles. The first kappa shape index (κ1) is 14.2. The molecule has 0 aliphatic heterocycles. The van der Waals surface area contributed by atoms with Crippen molar-refractivity contribution in [1.82, 2.24) is 9.55 Å². The minimum Gasteiger partial charge on any atom is -0.481 e.